The highest BCUT2D eigenvalue weighted by atomic mass is 16.6. The van der Waals surface area contributed by atoms with Gasteiger partial charge in [-0.25, -0.2) is 0 Å². The van der Waals surface area contributed by atoms with E-state index in [0.29, 0.717) is 30.0 Å². The molecule has 3 nitrogen and oxygen atoms in total. The van der Waals surface area contributed by atoms with E-state index in [1.807, 2.05) is 0 Å². The Morgan fingerprint density at radius 3 is 2.88 bits per heavy atom. The first-order valence-electron chi connectivity index (χ1n) is 6.54. The van der Waals surface area contributed by atoms with E-state index in [4.69, 9.17) is 9.47 Å². The summed E-state index contributed by atoms with van der Waals surface area (Å²) in [6, 6.07) is 0. The fraction of sp³-hybridized carbons (Fsp3) is 0.923. The largest absolute Gasteiger partial charge is 0.373 e. The normalized spacial score (nSPS) is 42.3. The van der Waals surface area contributed by atoms with Crippen LogP contribution in [-0.2, 0) is 14.3 Å². The van der Waals surface area contributed by atoms with Crippen molar-refractivity contribution < 1.29 is 14.3 Å². The van der Waals surface area contributed by atoms with Gasteiger partial charge in [0.05, 0.1) is 24.9 Å². The Balaban J connectivity index is 1.41. The molecule has 16 heavy (non-hydrogen) atoms. The number of epoxide rings is 2. The molecule has 0 aromatic rings. The van der Waals surface area contributed by atoms with Gasteiger partial charge in [0.1, 0.15) is 5.78 Å². The quantitative estimate of drug-likeness (QED) is 0.670. The lowest BCUT2D eigenvalue weighted by atomic mass is 9.84. The maximum atomic E-state index is 12.0. The van der Waals surface area contributed by atoms with Gasteiger partial charge >= 0.3 is 0 Å². The van der Waals surface area contributed by atoms with Crippen LogP contribution in [0.4, 0.5) is 0 Å². The van der Waals surface area contributed by atoms with Gasteiger partial charge in [-0.3, -0.25) is 4.79 Å². The van der Waals surface area contributed by atoms with Crippen molar-refractivity contribution in [2.45, 2.75) is 57.3 Å². The monoisotopic (exact) mass is 224 g/mol. The lowest BCUT2D eigenvalue weighted by Gasteiger charge is -2.18. The summed E-state index contributed by atoms with van der Waals surface area (Å²) in [6.45, 7) is 3.09. The first-order valence-corrected chi connectivity index (χ1v) is 6.54. The molecular formula is C13H20O3. The third-order valence-corrected chi connectivity index (χ3v) is 4.30. The lowest BCUT2D eigenvalue weighted by Crippen LogP contribution is -2.22. The molecule has 2 heterocycles. The Labute approximate surface area is 96.5 Å². The van der Waals surface area contributed by atoms with E-state index in [-0.39, 0.29) is 5.92 Å². The second-order valence-electron chi connectivity index (χ2n) is 5.58. The molecule has 5 unspecified atom stereocenters. The molecule has 0 bridgehead atoms. The van der Waals surface area contributed by atoms with Crippen LogP contribution in [0.5, 0.6) is 0 Å². The SMILES string of the molecule is CC(CCC(=O)C1CCC2OC2C1)C1CO1. The average Bonchev–Trinajstić information content (AvgIpc) is 3.17. The number of carbonyl (C=O) groups excluding carboxylic acids is 1. The fourth-order valence-corrected chi connectivity index (χ4v) is 2.84. The number of carbonyl (C=O) groups is 1. The van der Waals surface area contributed by atoms with Crippen LogP contribution < -0.4 is 0 Å². The van der Waals surface area contributed by atoms with Gasteiger partial charge in [0.15, 0.2) is 0 Å². The van der Waals surface area contributed by atoms with E-state index < -0.39 is 0 Å². The first-order chi connectivity index (χ1) is 7.74. The first kappa shape index (κ1) is 10.7. The summed E-state index contributed by atoms with van der Waals surface area (Å²) < 4.78 is 10.7. The summed E-state index contributed by atoms with van der Waals surface area (Å²) in [5.74, 6) is 1.30. The minimum atomic E-state index is 0.288. The minimum absolute atomic E-state index is 0.288. The molecule has 1 aliphatic carbocycles. The zero-order chi connectivity index (χ0) is 11.1. The van der Waals surface area contributed by atoms with Gasteiger partial charge in [-0.05, 0) is 31.6 Å². The highest BCUT2D eigenvalue weighted by Crippen LogP contribution is 2.40. The van der Waals surface area contributed by atoms with Gasteiger partial charge in [0.25, 0.3) is 0 Å². The molecule has 3 aliphatic rings. The van der Waals surface area contributed by atoms with Crippen molar-refractivity contribution in [2.75, 3.05) is 6.61 Å². The lowest BCUT2D eigenvalue weighted by molar-refractivity contribution is -0.123. The van der Waals surface area contributed by atoms with Crippen molar-refractivity contribution >= 4 is 5.78 Å². The number of ether oxygens (including phenoxy) is 2. The van der Waals surface area contributed by atoms with Crippen LogP contribution in [0.3, 0.4) is 0 Å². The van der Waals surface area contributed by atoms with Crippen molar-refractivity contribution in [3.8, 4) is 0 Å². The highest BCUT2D eigenvalue weighted by molar-refractivity contribution is 5.81. The third kappa shape index (κ3) is 2.30. The van der Waals surface area contributed by atoms with Crippen molar-refractivity contribution in [3.63, 3.8) is 0 Å². The van der Waals surface area contributed by atoms with Gasteiger partial charge in [-0.2, -0.15) is 0 Å². The molecule has 0 spiro atoms. The second kappa shape index (κ2) is 4.11. The number of hydrogen-bond acceptors (Lipinski definition) is 3. The summed E-state index contributed by atoms with van der Waals surface area (Å²) in [5.41, 5.74) is 0. The van der Waals surface area contributed by atoms with E-state index in [2.05, 4.69) is 6.92 Å². The molecular weight excluding hydrogens is 204 g/mol. The summed E-state index contributed by atoms with van der Waals surface area (Å²) in [7, 11) is 0. The molecule has 3 heteroatoms. The van der Waals surface area contributed by atoms with Crippen LogP contribution in [0.25, 0.3) is 0 Å². The fourth-order valence-electron chi connectivity index (χ4n) is 2.84. The Morgan fingerprint density at radius 1 is 1.38 bits per heavy atom. The van der Waals surface area contributed by atoms with E-state index in [9.17, 15) is 4.79 Å². The maximum Gasteiger partial charge on any atom is 0.136 e. The third-order valence-electron chi connectivity index (χ3n) is 4.30. The molecule has 2 aliphatic heterocycles. The summed E-state index contributed by atoms with van der Waals surface area (Å²) >= 11 is 0. The Bertz CT molecular complexity index is 285. The molecule has 0 amide bonds. The number of fused-ring (bicyclic) bond motifs is 1. The molecule has 5 atom stereocenters. The number of hydrogen-bond donors (Lipinski definition) is 0. The second-order valence-corrected chi connectivity index (χ2v) is 5.58. The Hall–Kier alpha value is -0.410. The van der Waals surface area contributed by atoms with Gasteiger partial charge in [0, 0.05) is 12.3 Å². The van der Waals surface area contributed by atoms with Crippen molar-refractivity contribution in [2.24, 2.45) is 11.8 Å². The molecule has 0 radical (unpaired) electrons. The maximum absolute atomic E-state index is 12.0. The van der Waals surface area contributed by atoms with Crippen molar-refractivity contribution in [3.05, 3.63) is 0 Å². The van der Waals surface area contributed by atoms with Gasteiger partial charge < -0.3 is 9.47 Å². The van der Waals surface area contributed by atoms with Crippen LogP contribution in [0.2, 0.25) is 0 Å². The van der Waals surface area contributed by atoms with E-state index >= 15 is 0 Å². The molecule has 3 fully saturated rings. The Kier molecular flexibility index (Phi) is 2.76. The standard InChI is InChI=1S/C13H20O3/c1-8(13-7-15-13)2-4-10(14)9-3-5-11-12(6-9)16-11/h8-9,11-13H,2-7H2,1H3. The van der Waals surface area contributed by atoms with Crippen LogP contribution >= 0.6 is 0 Å². The van der Waals surface area contributed by atoms with Gasteiger partial charge in [-0.15, -0.1) is 0 Å². The van der Waals surface area contributed by atoms with E-state index in [0.717, 1.165) is 38.7 Å². The molecule has 0 aromatic carbocycles. The van der Waals surface area contributed by atoms with Crippen LogP contribution in [0.15, 0.2) is 0 Å². The number of Topliss-reactive ketones (excluding diaryl/α,β-unsaturated/α-hetero) is 1. The van der Waals surface area contributed by atoms with Crippen LogP contribution in [-0.4, -0.2) is 30.7 Å². The van der Waals surface area contributed by atoms with E-state index in [1.165, 1.54) is 0 Å². The van der Waals surface area contributed by atoms with Crippen molar-refractivity contribution in [1.82, 2.24) is 0 Å². The number of rotatable bonds is 5. The van der Waals surface area contributed by atoms with Crippen LogP contribution in [0.1, 0.15) is 39.0 Å². The highest BCUT2D eigenvalue weighted by Gasteiger charge is 2.45. The smallest absolute Gasteiger partial charge is 0.136 e. The van der Waals surface area contributed by atoms with Gasteiger partial charge in [0.2, 0.25) is 0 Å². The van der Waals surface area contributed by atoms with Gasteiger partial charge in [-0.1, -0.05) is 6.92 Å². The zero-order valence-corrected chi connectivity index (χ0v) is 9.85. The topological polar surface area (TPSA) is 42.1 Å². The average molecular weight is 224 g/mol. The Morgan fingerprint density at radius 2 is 2.19 bits per heavy atom. The molecule has 0 aromatic heterocycles. The molecule has 1 saturated carbocycles. The molecule has 3 rings (SSSR count). The summed E-state index contributed by atoms with van der Waals surface area (Å²) in [6.07, 6.45) is 6.23. The van der Waals surface area contributed by atoms with Crippen LogP contribution in [0, 0.1) is 11.8 Å². The number of ketones is 1. The summed E-state index contributed by atoms with van der Waals surface area (Å²) in [4.78, 5) is 12.0. The molecule has 2 saturated heterocycles. The zero-order valence-electron chi connectivity index (χ0n) is 9.85. The molecule has 90 valence electrons. The molecule has 0 N–H and O–H groups in total. The van der Waals surface area contributed by atoms with Crippen molar-refractivity contribution in [1.29, 1.82) is 0 Å². The predicted molar refractivity (Wildman–Crippen MR) is 59.1 cm³/mol. The minimum Gasteiger partial charge on any atom is -0.373 e. The predicted octanol–water partition coefficient (Wildman–Crippen LogP) is 1.94. The van der Waals surface area contributed by atoms with E-state index in [1.54, 1.807) is 0 Å². The summed E-state index contributed by atoms with van der Waals surface area (Å²) in [5, 5.41) is 0.